The third-order valence-corrected chi connectivity index (χ3v) is 5.00. The lowest BCUT2D eigenvalue weighted by Crippen LogP contribution is -2.46. The molecule has 2 fully saturated rings. The lowest BCUT2D eigenvalue weighted by molar-refractivity contribution is -0.123. The molecule has 5 nitrogen and oxygen atoms in total. The van der Waals surface area contributed by atoms with Crippen LogP contribution in [0.4, 0.5) is 0 Å². The SMILES string of the molecule is CC1CCCN(C(C)CNC(=O)CCNC(=O)C2CC2C)C1. The van der Waals surface area contributed by atoms with Crippen LogP contribution >= 0.6 is 0 Å². The van der Waals surface area contributed by atoms with Crippen LogP contribution in [0, 0.1) is 17.8 Å². The molecule has 4 unspecified atom stereocenters. The fraction of sp³-hybridized carbons (Fsp3) is 0.882. The van der Waals surface area contributed by atoms with Gasteiger partial charge in [0.25, 0.3) is 0 Å². The number of carbonyl (C=O) groups excluding carboxylic acids is 2. The maximum absolute atomic E-state index is 11.8. The third kappa shape index (κ3) is 5.27. The maximum atomic E-state index is 11.8. The van der Waals surface area contributed by atoms with E-state index in [0.717, 1.165) is 25.4 Å². The van der Waals surface area contributed by atoms with Crippen molar-refractivity contribution in [2.45, 2.75) is 52.5 Å². The molecule has 2 rings (SSSR count). The zero-order valence-corrected chi connectivity index (χ0v) is 14.2. The number of amides is 2. The van der Waals surface area contributed by atoms with Crippen LogP contribution in [0.3, 0.4) is 0 Å². The normalized spacial score (nSPS) is 29.7. The summed E-state index contributed by atoms with van der Waals surface area (Å²) in [7, 11) is 0. The second-order valence-electron chi connectivity index (χ2n) is 7.26. The summed E-state index contributed by atoms with van der Waals surface area (Å²) in [6.45, 7) is 9.96. The molecule has 5 heteroatoms. The van der Waals surface area contributed by atoms with Crippen LogP contribution in [0.5, 0.6) is 0 Å². The Bertz CT molecular complexity index is 399. The Morgan fingerprint density at radius 3 is 2.64 bits per heavy atom. The number of carbonyl (C=O) groups is 2. The Labute approximate surface area is 134 Å². The topological polar surface area (TPSA) is 61.4 Å². The molecule has 0 bridgehead atoms. The third-order valence-electron chi connectivity index (χ3n) is 5.00. The van der Waals surface area contributed by atoms with Crippen LogP contribution in [0.25, 0.3) is 0 Å². The summed E-state index contributed by atoms with van der Waals surface area (Å²) in [6.07, 6.45) is 3.93. The van der Waals surface area contributed by atoms with E-state index in [9.17, 15) is 9.59 Å². The Morgan fingerprint density at radius 1 is 1.27 bits per heavy atom. The summed E-state index contributed by atoms with van der Waals surface area (Å²) in [6, 6.07) is 0.383. The lowest BCUT2D eigenvalue weighted by atomic mass is 9.99. The highest BCUT2D eigenvalue weighted by Gasteiger charge is 2.38. The number of likely N-dealkylation sites (tertiary alicyclic amines) is 1. The molecule has 0 aromatic carbocycles. The first kappa shape index (κ1) is 17.3. The van der Waals surface area contributed by atoms with Gasteiger partial charge in [0, 0.05) is 38.0 Å². The molecule has 0 radical (unpaired) electrons. The highest BCUT2D eigenvalue weighted by molar-refractivity contribution is 5.82. The molecule has 1 aliphatic carbocycles. The summed E-state index contributed by atoms with van der Waals surface area (Å²) < 4.78 is 0. The molecule has 0 aromatic heterocycles. The Morgan fingerprint density at radius 2 is 2.00 bits per heavy atom. The molecule has 126 valence electrons. The van der Waals surface area contributed by atoms with Gasteiger partial charge in [-0.15, -0.1) is 0 Å². The molecule has 2 N–H and O–H groups in total. The van der Waals surface area contributed by atoms with Gasteiger partial charge < -0.3 is 10.6 Å². The zero-order valence-electron chi connectivity index (χ0n) is 14.2. The van der Waals surface area contributed by atoms with Crippen molar-refractivity contribution >= 4 is 11.8 Å². The lowest BCUT2D eigenvalue weighted by Gasteiger charge is -2.35. The highest BCUT2D eigenvalue weighted by atomic mass is 16.2. The largest absolute Gasteiger partial charge is 0.355 e. The van der Waals surface area contributed by atoms with Gasteiger partial charge in [-0.2, -0.15) is 0 Å². The van der Waals surface area contributed by atoms with Gasteiger partial charge >= 0.3 is 0 Å². The number of hydrogen-bond acceptors (Lipinski definition) is 3. The smallest absolute Gasteiger partial charge is 0.223 e. The molecule has 0 spiro atoms. The molecule has 1 saturated carbocycles. The summed E-state index contributed by atoms with van der Waals surface area (Å²) in [4.78, 5) is 26.0. The van der Waals surface area contributed by atoms with E-state index in [2.05, 4.69) is 36.3 Å². The van der Waals surface area contributed by atoms with Gasteiger partial charge in [0.15, 0.2) is 0 Å². The van der Waals surface area contributed by atoms with Gasteiger partial charge in [-0.3, -0.25) is 14.5 Å². The minimum Gasteiger partial charge on any atom is -0.355 e. The van der Waals surface area contributed by atoms with Crippen LogP contribution in [0.1, 0.15) is 46.5 Å². The fourth-order valence-electron chi connectivity index (χ4n) is 3.22. The average Bonchev–Trinajstić information content (AvgIpc) is 3.21. The zero-order chi connectivity index (χ0) is 16.1. The standard InChI is InChI=1S/C17H31N3O2/c1-12-5-4-8-20(11-12)14(3)10-19-16(21)6-7-18-17(22)15-9-13(15)2/h12-15H,4-11H2,1-3H3,(H,18,22)(H,19,21). The summed E-state index contributed by atoms with van der Waals surface area (Å²) >= 11 is 0. The molecular weight excluding hydrogens is 278 g/mol. The molecule has 1 aliphatic heterocycles. The molecule has 0 aromatic rings. The van der Waals surface area contributed by atoms with Crippen molar-refractivity contribution < 1.29 is 9.59 Å². The van der Waals surface area contributed by atoms with Gasteiger partial charge in [-0.05, 0) is 44.6 Å². The minimum absolute atomic E-state index is 0.0288. The predicted molar refractivity (Wildman–Crippen MR) is 87.3 cm³/mol. The van der Waals surface area contributed by atoms with Crippen molar-refractivity contribution in [3.8, 4) is 0 Å². The molecule has 2 aliphatic rings. The predicted octanol–water partition coefficient (Wildman–Crippen LogP) is 1.39. The average molecular weight is 309 g/mol. The highest BCUT2D eigenvalue weighted by Crippen LogP contribution is 2.37. The number of rotatable bonds is 7. The van der Waals surface area contributed by atoms with Gasteiger partial charge in [0.05, 0.1) is 0 Å². The molecule has 4 atom stereocenters. The second-order valence-corrected chi connectivity index (χ2v) is 7.26. The number of piperidine rings is 1. The minimum atomic E-state index is 0.0288. The summed E-state index contributed by atoms with van der Waals surface area (Å²) in [5.41, 5.74) is 0. The van der Waals surface area contributed by atoms with Crippen molar-refractivity contribution in [2.24, 2.45) is 17.8 Å². The monoisotopic (exact) mass is 309 g/mol. The van der Waals surface area contributed by atoms with Crippen molar-refractivity contribution in [1.82, 2.24) is 15.5 Å². The van der Waals surface area contributed by atoms with Crippen LogP contribution in [0.2, 0.25) is 0 Å². The van der Waals surface area contributed by atoms with Crippen LogP contribution in [-0.4, -0.2) is 48.9 Å². The van der Waals surface area contributed by atoms with Crippen LogP contribution in [0.15, 0.2) is 0 Å². The molecule has 1 saturated heterocycles. The van der Waals surface area contributed by atoms with Gasteiger partial charge in [0.1, 0.15) is 0 Å². The van der Waals surface area contributed by atoms with Crippen LogP contribution in [-0.2, 0) is 9.59 Å². The molecular formula is C17H31N3O2. The number of nitrogens with one attached hydrogen (secondary N) is 2. The van der Waals surface area contributed by atoms with Crippen molar-refractivity contribution in [3.05, 3.63) is 0 Å². The van der Waals surface area contributed by atoms with E-state index in [4.69, 9.17) is 0 Å². The Kier molecular flexibility index (Phi) is 6.24. The summed E-state index contributed by atoms with van der Waals surface area (Å²) in [5.74, 6) is 1.59. The molecule has 2 amide bonds. The van der Waals surface area contributed by atoms with E-state index >= 15 is 0 Å². The van der Waals surface area contributed by atoms with Crippen LogP contribution < -0.4 is 10.6 Å². The van der Waals surface area contributed by atoms with E-state index < -0.39 is 0 Å². The number of nitrogens with zero attached hydrogens (tertiary/aromatic N) is 1. The van der Waals surface area contributed by atoms with E-state index in [0.29, 0.717) is 31.5 Å². The van der Waals surface area contributed by atoms with E-state index in [1.54, 1.807) is 0 Å². The van der Waals surface area contributed by atoms with Crippen molar-refractivity contribution in [1.29, 1.82) is 0 Å². The first-order chi connectivity index (χ1) is 10.5. The van der Waals surface area contributed by atoms with E-state index in [1.807, 2.05) is 0 Å². The first-order valence-corrected chi connectivity index (χ1v) is 8.75. The molecule has 22 heavy (non-hydrogen) atoms. The van der Waals surface area contributed by atoms with Crippen molar-refractivity contribution in [3.63, 3.8) is 0 Å². The van der Waals surface area contributed by atoms with Gasteiger partial charge in [0.2, 0.25) is 11.8 Å². The summed E-state index contributed by atoms with van der Waals surface area (Å²) in [5, 5.41) is 5.84. The Hall–Kier alpha value is -1.10. The van der Waals surface area contributed by atoms with Gasteiger partial charge in [-0.25, -0.2) is 0 Å². The number of hydrogen-bond donors (Lipinski definition) is 2. The quantitative estimate of drug-likeness (QED) is 0.747. The van der Waals surface area contributed by atoms with E-state index in [-0.39, 0.29) is 17.7 Å². The first-order valence-electron chi connectivity index (χ1n) is 8.75. The van der Waals surface area contributed by atoms with E-state index in [1.165, 1.54) is 12.8 Å². The fourth-order valence-corrected chi connectivity index (χ4v) is 3.22. The Balaban J connectivity index is 1.56. The maximum Gasteiger partial charge on any atom is 0.223 e. The van der Waals surface area contributed by atoms with Crippen molar-refractivity contribution in [2.75, 3.05) is 26.2 Å². The second kappa shape index (κ2) is 7.95. The van der Waals surface area contributed by atoms with Gasteiger partial charge in [-0.1, -0.05) is 13.8 Å². The molecule has 1 heterocycles.